The SMILES string of the molecule is Bc1ccc(CCCCCC(=O)OC)cc1F. The minimum absolute atomic E-state index is 0.142. The predicted octanol–water partition coefficient (Wildman–Crippen LogP) is 1.36. The summed E-state index contributed by atoms with van der Waals surface area (Å²) in [6.07, 6.45) is 4.10. The van der Waals surface area contributed by atoms with Crippen LogP contribution < -0.4 is 5.46 Å². The molecule has 2 nitrogen and oxygen atoms in total. The molecule has 0 atom stereocenters. The summed E-state index contributed by atoms with van der Waals surface area (Å²) in [5.74, 6) is -0.302. The molecule has 0 amide bonds. The van der Waals surface area contributed by atoms with E-state index in [0.29, 0.717) is 11.9 Å². The Labute approximate surface area is 103 Å². The van der Waals surface area contributed by atoms with E-state index in [-0.39, 0.29) is 11.8 Å². The predicted molar refractivity (Wildman–Crippen MR) is 68.8 cm³/mol. The van der Waals surface area contributed by atoms with Crippen molar-refractivity contribution in [3.05, 3.63) is 29.6 Å². The molecule has 92 valence electrons. The van der Waals surface area contributed by atoms with Crippen LogP contribution in [0.15, 0.2) is 18.2 Å². The van der Waals surface area contributed by atoms with Crippen molar-refractivity contribution in [1.29, 1.82) is 0 Å². The first-order valence-corrected chi connectivity index (χ1v) is 5.95. The van der Waals surface area contributed by atoms with Crippen molar-refractivity contribution in [2.45, 2.75) is 32.1 Å². The van der Waals surface area contributed by atoms with E-state index in [2.05, 4.69) is 4.74 Å². The summed E-state index contributed by atoms with van der Waals surface area (Å²) < 4.78 is 17.8. The molecular weight excluding hydrogens is 218 g/mol. The second-order valence-electron chi connectivity index (χ2n) is 4.22. The summed E-state index contributed by atoms with van der Waals surface area (Å²) in [6, 6.07) is 5.35. The number of halogens is 1. The van der Waals surface area contributed by atoms with E-state index in [4.69, 9.17) is 0 Å². The summed E-state index contributed by atoms with van der Waals surface area (Å²) >= 11 is 0. The summed E-state index contributed by atoms with van der Waals surface area (Å²) in [7, 11) is 3.16. The first-order chi connectivity index (χ1) is 8.13. The lowest BCUT2D eigenvalue weighted by Crippen LogP contribution is -2.08. The summed E-state index contributed by atoms with van der Waals surface area (Å²) in [4.78, 5) is 10.9. The van der Waals surface area contributed by atoms with Crippen LogP contribution in [0.3, 0.4) is 0 Å². The number of aryl methyl sites for hydroxylation is 1. The van der Waals surface area contributed by atoms with Gasteiger partial charge in [-0.2, -0.15) is 0 Å². The largest absolute Gasteiger partial charge is 0.469 e. The van der Waals surface area contributed by atoms with E-state index >= 15 is 0 Å². The van der Waals surface area contributed by atoms with Gasteiger partial charge in [0.15, 0.2) is 0 Å². The van der Waals surface area contributed by atoms with E-state index < -0.39 is 0 Å². The fourth-order valence-corrected chi connectivity index (χ4v) is 1.67. The van der Waals surface area contributed by atoms with E-state index in [1.807, 2.05) is 6.07 Å². The van der Waals surface area contributed by atoms with Crippen LogP contribution in [-0.4, -0.2) is 20.9 Å². The normalized spacial score (nSPS) is 10.2. The van der Waals surface area contributed by atoms with Gasteiger partial charge in [0, 0.05) is 6.42 Å². The molecule has 0 N–H and O–H groups in total. The van der Waals surface area contributed by atoms with Gasteiger partial charge in [0.2, 0.25) is 0 Å². The van der Waals surface area contributed by atoms with E-state index in [1.54, 1.807) is 20.0 Å². The van der Waals surface area contributed by atoms with Crippen molar-refractivity contribution >= 4 is 19.3 Å². The molecule has 0 aliphatic carbocycles. The maximum Gasteiger partial charge on any atom is 0.305 e. The summed E-state index contributed by atoms with van der Waals surface area (Å²) in [5, 5.41) is 0. The second-order valence-corrected chi connectivity index (χ2v) is 4.22. The van der Waals surface area contributed by atoms with Gasteiger partial charge in [-0.05, 0) is 30.9 Å². The molecule has 0 fully saturated rings. The Morgan fingerprint density at radius 1 is 1.35 bits per heavy atom. The van der Waals surface area contributed by atoms with E-state index in [1.165, 1.54) is 7.11 Å². The zero-order valence-electron chi connectivity index (χ0n) is 10.5. The second kappa shape index (κ2) is 7.10. The minimum Gasteiger partial charge on any atom is -0.469 e. The Bertz CT molecular complexity index is 380. The van der Waals surface area contributed by atoms with Gasteiger partial charge in [-0.25, -0.2) is 4.39 Å². The van der Waals surface area contributed by atoms with Crippen molar-refractivity contribution in [2.24, 2.45) is 0 Å². The average Bonchev–Trinajstić information content (AvgIpc) is 2.33. The molecule has 1 aromatic carbocycles. The third-order valence-corrected chi connectivity index (χ3v) is 2.81. The first kappa shape index (κ1) is 13.7. The highest BCUT2D eigenvalue weighted by Crippen LogP contribution is 2.08. The zero-order valence-corrected chi connectivity index (χ0v) is 10.5. The fourth-order valence-electron chi connectivity index (χ4n) is 1.67. The lowest BCUT2D eigenvalue weighted by atomic mass is 9.93. The van der Waals surface area contributed by atoms with Gasteiger partial charge in [0.05, 0.1) is 7.11 Å². The molecule has 4 heteroatoms. The molecule has 1 aromatic rings. The first-order valence-electron chi connectivity index (χ1n) is 5.95. The van der Waals surface area contributed by atoms with Crippen molar-refractivity contribution in [3.63, 3.8) is 0 Å². The summed E-state index contributed by atoms with van der Waals surface area (Å²) in [6.45, 7) is 0. The molecule has 0 spiro atoms. The Morgan fingerprint density at radius 2 is 2.12 bits per heavy atom. The van der Waals surface area contributed by atoms with Crippen molar-refractivity contribution in [1.82, 2.24) is 0 Å². The monoisotopic (exact) mass is 236 g/mol. The van der Waals surface area contributed by atoms with Gasteiger partial charge in [-0.1, -0.05) is 24.0 Å². The molecule has 0 aliphatic heterocycles. The molecule has 0 radical (unpaired) electrons. The molecule has 0 saturated carbocycles. The van der Waals surface area contributed by atoms with Crippen LogP contribution in [0.4, 0.5) is 4.39 Å². The third kappa shape index (κ3) is 5.02. The van der Waals surface area contributed by atoms with Crippen LogP contribution in [0, 0.1) is 5.82 Å². The zero-order chi connectivity index (χ0) is 12.7. The Kier molecular flexibility index (Phi) is 5.74. The van der Waals surface area contributed by atoms with Crippen LogP contribution >= 0.6 is 0 Å². The number of methoxy groups -OCH3 is 1. The number of rotatable bonds is 6. The molecule has 0 aliphatic rings. The van der Waals surface area contributed by atoms with Crippen LogP contribution in [0.5, 0.6) is 0 Å². The maximum atomic E-state index is 13.2. The fraction of sp³-hybridized carbons (Fsp3) is 0.462. The average molecular weight is 236 g/mol. The number of hydrogen-bond donors (Lipinski definition) is 0. The van der Waals surface area contributed by atoms with Crippen LogP contribution in [0.2, 0.25) is 0 Å². The Balaban J connectivity index is 2.22. The van der Waals surface area contributed by atoms with Gasteiger partial charge in [-0.15, -0.1) is 0 Å². The molecule has 0 saturated heterocycles. The van der Waals surface area contributed by atoms with Crippen molar-refractivity contribution < 1.29 is 13.9 Å². The molecule has 1 rings (SSSR count). The highest BCUT2D eigenvalue weighted by atomic mass is 19.1. The van der Waals surface area contributed by atoms with Crippen LogP contribution in [0.1, 0.15) is 31.2 Å². The number of carbonyl (C=O) groups is 1. The molecule has 0 bridgehead atoms. The quantitative estimate of drug-likeness (QED) is 0.423. The third-order valence-electron chi connectivity index (χ3n) is 2.81. The standard InChI is InChI=1S/C13H18BFO2/c1-17-13(16)6-4-2-3-5-10-7-8-11(14)12(15)9-10/h7-9H,2-6,14H2,1H3. The highest BCUT2D eigenvalue weighted by Gasteiger charge is 2.01. The molecule has 0 heterocycles. The molecular formula is C13H18BFO2. The number of unbranched alkanes of at least 4 members (excludes halogenated alkanes) is 2. The maximum absolute atomic E-state index is 13.2. The van der Waals surface area contributed by atoms with Gasteiger partial charge in [-0.3, -0.25) is 4.79 Å². The number of carbonyl (C=O) groups excluding carboxylic acids is 1. The molecule has 0 unspecified atom stereocenters. The Hall–Kier alpha value is -1.32. The highest BCUT2D eigenvalue weighted by molar-refractivity contribution is 6.32. The van der Waals surface area contributed by atoms with E-state index in [9.17, 15) is 9.18 Å². The topological polar surface area (TPSA) is 26.3 Å². The van der Waals surface area contributed by atoms with Crippen LogP contribution in [-0.2, 0) is 16.0 Å². The minimum atomic E-state index is -0.161. The summed E-state index contributed by atoms with van der Waals surface area (Å²) in [5.41, 5.74) is 1.70. The number of ether oxygens (including phenoxy) is 1. The lowest BCUT2D eigenvalue weighted by molar-refractivity contribution is -0.140. The molecule has 0 aromatic heterocycles. The van der Waals surface area contributed by atoms with Crippen molar-refractivity contribution in [3.8, 4) is 0 Å². The number of hydrogen-bond acceptors (Lipinski definition) is 2. The van der Waals surface area contributed by atoms with E-state index in [0.717, 1.165) is 31.2 Å². The van der Waals surface area contributed by atoms with Gasteiger partial charge in [0.25, 0.3) is 0 Å². The number of esters is 1. The van der Waals surface area contributed by atoms with Crippen molar-refractivity contribution in [2.75, 3.05) is 7.11 Å². The van der Waals surface area contributed by atoms with Gasteiger partial charge < -0.3 is 4.74 Å². The Morgan fingerprint density at radius 3 is 2.76 bits per heavy atom. The van der Waals surface area contributed by atoms with Gasteiger partial charge >= 0.3 is 5.97 Å². The lowest BCUT2D eigenvalue weighted by Gasteiger charge is -2.03. The van der Waals surface area contributed by atoms with Crippen LogP contribution in [0.25, 0.3) is 0 Å². The number of benzene rings is 1. The smallest absolute Gasteiger partial charge is 0.305 e. The van der Waals surface area contributed by atoms with Gasteiger partial charge in [0.1, 0.15) is 13.7 Å². The molecule has 17 heavy (non-hydrogen) atoms.